The smallest absolute Gasteiger partial charge is 0.000735 e. The largest absolute Gasteiger partial charge is 0.316 e. The topological polar surface area (TPSA) is 12.0 Å². The summed E-state index contributed by atoms with van der Waals surface area (Å²) >= 11 is 2.45. The van der Waals surface area contributed by atoms with E-state index in [-0.39, 0.29) is 0 Å². The van der Waals surface area contributed by atoms with Crippen molar-refractivity contribution < 1.29 is 0 Å². The summed E-state index contributed by atoms with van der Waals surface area (Å²) in [5.41, 5.74) is 0. The second-order valence-electron chi connectivity index (χ2n) is 4.68. The minimum absolute atomic E-state index is 1.04. The summed E-state index contributed by atoms with van der Waals surface area (Å²) < 4.78 is 1.29. The molecule has 0 heterocycles. The van der Waals surface area contributed by atoms with Crippen molar-refractivity contribution in [3.05, 3.63) is 0 Å². The highest BCUT2D eigenvalue weighted by atomic mass is 127. The summed E-state index contributed by atoms with van der Waals surface area (Å²) in [6, 6.07) is 0. The second-order valence-corrected chi connectivity index (χ2v) is 5.76. The molecule has 3 unspecified atom stereocenters. The van der Waals surface area contributed by atoms with Crippen molar-refractivity contribution in [2.24, 2.45) is 17.8 Å². The van der Waals surface area contributed by atoms with Gasteiger partial charge in [-0.1, -0.05) is 29.0 Å². The zero-order valence-corrected chi connectivity index (χ0v) is 10.4. The highest BCUT2D eigenvalue weighted by Crippen LogP contribution is 2.47. The molecule has 3 atom stereocenters. The minimum Gasteiger partial charge on any atom is -0.316 e. The molecule has 0 radical (unpaired) electrons. The Hall–Kier alpha value is 0.690. The van der Waals surface area contributed by atoms with Crippen LogP contribution in [0.15, 0.2) is 0 Å². The van der Waals surface area contributed by atoms with Crippen molar-refractivity contribution in [2.75, 3.05) is 17.5 Å². The average Bonchev–Trinajstić information content (AvgIpc) is 2.73. The molecule has 0 aromatic rings. The van der Waals surface area contributed by atoms with E-state index < -0.39 is 0 Å². The van der Waals surface area contributed by atoms with Crippen molar-refractivity contribution >= 4 is 22.6 Å². The summed E-state index contributed by atoms with van der Waals surface area (Å²) in [4.78, 5) is 0. The number of hydrogen-bond donors (Lipinski definition) is 1. The molecule has 2 rings (SSSR count). The van der Waals surface area contributed by atoms with Crippen LogP contribution < -0.4 is 5.32 Å². The molecule has 76 valence electrons. The van der Waals surface area contributed by atoms with Crippen LogP contribution in [0.1, 0.15) is 32.1 Å². The van der Waals surface area contributed by atoms with E-state index in [1.807, 2.05) is 0 Å². The molecule has 2 aliphatic rings. The van der Waals surface area contributed by atoms with Crippen LogP contribution in [0.5, 0.6) is 0 Å². The molecule has 2 saturated carbocycles. The first-order valence-electron chi connectivity index (χ1n) is 5.67. The van der Waals surface area contributed by atoms with Gasteiger partial charge in [0, 0.05) is 4.43 Å². The number of hydrogen-bond acceptors (Lipinski definition) is 1. The van der Waals surface area contributed by atoms with Gasteiger partial charge in [-0.05, 0) is 56.5 Å². The van der Waals surface area contributed by atoms with Gasteiger partial charge in [0.15, 0.2) is 0 Å². The lowest BCUT2D eigenvalue weighted by atomic mass is 9.89. The second kappa shape index (κ2) is 4.96. The van der Waals surface area contributed by atoms with Crippen LogP contribution in [-0.2, 0) is 0 Å². The van der Waals surface area contributed by atoms with E-state index in [1.165, 1.54) is 43.2 Å². The van der Waals surface area contributed by atoms with Gasteiger partial charge in [0.1, 0.15) is 0 Å². The normalized spacial score (nSPS) is 37.2. The van der Waals surface area contributed by atoms with Gasteiger partial charge >= 0.3 is 0 Å². The van der Waals surface area contributed by atoms with Crippen LogP contribution in [0.4, 0.5) is 0 Å². The molecule has 1 nitrogen and oxygen atoms in total. The van der Waals surface area contributed by atoms with E-state index in [0.29, 0.717) is 0 Å². The third-order valence-corrected chi connectivity index (χ3v) is 4.54. The molecular weight excluding hydrogens is 273 g/mol. The summed E-state index contributed by atoms with van der Waals surface area (Å²) in [5.74, 6) is 3.24. The predicted molar refractivity (Wildman–Crippen MR) is 65.3 cm³/mol. The lowest BCUT2D eigenvalue weighted by Crippen LogP contribution is -2.27. The maximum atomic E-state index is 3.61. The molecule has 0 spiro atoms. The molecule has 0 amide bonds. The van der Waals surface area contributed by atoms with Crippen LogP contribution in [0, 0.1) is 17.8 Å². The Bertz CT molecular complexity index is 160. The number of rotatable bonds is 5. The molecule has 0 aliphatic heterocycles. The summed E-state index contributed by atoms with van der Waals surface area (Å²) in [5, 5.41) is 3.61. The van der Waals surface area contributed by atoms with Crippen LogP contribution in [0.25, 0.3) is 0 Å². The minimum atomic E-state index is 1.04. The third-order valence-electron chi connectivity index (χ3n) is 3.78. The fraction of sp³-hybridized carbons (Fsp3) is 1.00. The monoisotopic (exact) mass is 293 g/mol. The lowest BCUT2D eigenvalue weighted by Gasteiger charge is -2.21. The summed E-state index contributed by atoms with van der Waals surface area (Å²) in [6.45, 7) is 2.54. The molecular formula is C11H20IN. The van der Waals surface area contributed by atoms with Gasteiger partial charge in [0.05, 0.1) is 0 Å². The zero-order valence-electron chi connectivity index (χ0n) is 8.27. The first-order valence-corrected chi connectivity index (χ1v) is 7.19. The number of halogens is 1. The Morgan fingerprint density at radius 3 is 2.77 bits per heavy atom. The standard InChI is InChI=1S/C11H20IN/c12-4-1-5-13-8-11-7-9-2-3-10(11)6-9/h9-11,13H,1-8H2. The molecule has 0 aromatic carbocycles. The fourth-order valence-corrected chi connectivity index (χ4v) is 3.49. The quantitative estimate of drug-likeness (QED) is 0.467. The van der Waals surface area contributed by atoms with Crippen molar-refractivity contribution in [3.63, 3.8) is 0 Å². The van der Waals surface area contributed by atoms with E-state index in [2.05, 4.69) is 27.9 Å². The van der Waals surface area contributed by atoms with Gasteiger partial charge in [-0.15, -0.1) is 0 Å². The van der Waals surface area contributed by atoms with Crippen LogP contribution in [-0.4, -0.2) is 17.5 Å². The Morgan fingerprint density at radius 1 is 1.23 bits per heavy atom. The third kappa shape index (κ3) is 2.58. The molecule has 2 aliphatic carbocycles. The molecule has 1 N–H and O–H groups in total. The fourth-order valence-electron chi connectivity index (χ4n) is 3.11. The Morgan fingerprint density at radius 2 is 2.15 bits per heavy atom. The summed E-state index contributed by atoms with van der Waals surface area (Å²) in [7, 11) is 0. The van der Waals surface area contributed by atoms with E-state index in [4.69, 9.17) is 0 Å². The van der Waals surface area contributed by atoms with Gasteiger partial charge in [0.2, 0.25) is 0 Å². The van der Waals surface area contributed by atoms with Gasteiger partial charge < -0.3 is 5.32 Å². The average molecular weight is 293 g/mol. The Kier molecular flexibility index (Phi) is 3.90. The van der Waals surface area contributed by atoms with Gasteiger partial charge in [-0.2, -0.15) is 0 Å². The maximum absolute atomic E-state index is 3.61. The van der Waals surface area contributed by atoms with E-state index >= 15 is 0 Å². The van der Waals surface area contributed by atoms with E-state index in [9.17, 15) is 0 Å². The number of nitrogens with one attached hydrogen (secondary N) is 1. The molecule has 2 heteroatoms. The number of fused-ring (bicyclic) bond motifs is 2. The van der Waals surface area contributed by atoms with Crippen molar-refractivity contribution in [2.45, 2.75) is 32.1 Å². The zero-order chi connectivity index (χ0) is 9.10. The van der Waals surface area contributed by atoms with Crippen molar-refractivity contribution in [1.29, 1.82) is 0 Å². The maximum Gasteiger partial charge on any atom is 0.000735 e. The van der Waals surface area contributed by atoms with Gasteiger partial charge in [-0.3, -0.25) is 0 Å². The SMILES string of the molecule is ICCCNCC1CC2CCC1C2. The summed E-state index contributed by atoms with van der Waals surface area (Å²) in [6.07, 6.45) is 7.49. The first-order chi connectivity index (χ1) is 6.40. The molecule has 2 fully saturated rings. The highest BCUT2D eigenvalue weighted by Gasteiger charge is 2.38. The van der Waals surface area contributed by atoms with Gasteiger partial charge in [0.25, 0.3) is 0 Å². The first kappa shape index (κ1) is 10.2. The highest BCUT2D eigenvalue weighted by molar-refractivity contribution is 14.1. The lowest BCUT2D eigenvalue weighted by molar-refractivity contribution is 0.319. The van der Waals surface area contributed by atoms with E-state index in [1.54, 1.807) is 6.42 Å². The molecule has 0 aromatic heterocycles. The van der Waals surface area contributed by atoms with E-state index in [0.717, 1.165) is 17.8 Å². The molecule has 0 saturated heterocycles. The van der Waals surface area contributed by atoms with Crippen molar-refractivity contribution in [3.8, 4) is 0 Å². The van der Waals surface area contributed by atoms with Crippen LogP contribution in [0.2, 0.25) is 0 Å². The van der Waals surface area contributed by atoms with Gasteiger partial charge in [-0.25, -0.2) is 0 Å². The number of alkyl halides is 1. The predicted octanol–water partition coefficient (Wildman–Crippen LogP) is 2.84. The van der Waals surface area contributed by atoms with Crippen molar-refractivity contribution in [1.82, 2.24) is 5.32 Å². The van der Waals surface area contributed by atoms with Crippen LogP contribution >= 0.6 is 22.6 Å². The molecule has 13 heavy (non-hydrogen) atoms. The Balaban J connectivity index is 1.60. The van der Waals surface area contributed by atoms with Crippen LogP contribution in [0.3, 0.4) is 0 Å². The molecule has 2 bridgehead atoms. The Labute approximate surface area is 95.2 Å².